The molecule has 1 aromatic carbocycles. The van der Waals surface area contributed by atoms with E-state index in [1.54, 1.807) is 5.06 Å². The van der Waals surface area contributed by atoms with Gasteiger partial charge in [-0.1, -0.05) is 30.3 Å². The van der Waals surface area contributed by atoms with Crippen LogP contribution in [-0.4, -0.2) is 52.3 Å². The molecule has 5 nitrogen and oxygen atoms in total. The lowest BCUT2D eigenvalue weighted by Crippen LogP contribution is -2.69. The third kappa shape index (κ3) is 2.72. The fraction of sp³-hybridized carbons (Fsp3) is 0.625. The van der Waals surface area contributed by atoms with Crippen molar-refractivity contribution in [3.63, 3.8) is 0 Å². The molecule has 2 aliphatic rings. The molecule has 2 aliphatic heterocycles. The third-order valence-corrected chi connectivity index (χ3v) is 4.60. The Hall–Kier alpha value is -0.980. The van der Waals surface area contributed by atoms with Gasteiger partial charge in [-0.25, -0.2) is 0 Å². The first kappa shape index (κ1) is 14.9. The first-order valence-corrected chi connectivity index (χ1v) is 7.43. The summed E-state index contributed by atoms with van der Waals surface area (Å²) < 4.78 is 6.00. The Morgan fingerprint density at radius 1 is 1.29 bits per heavy atom. The molecule has 4 atom stereocenters. The zero-order valence-corrected chi connectivity index (χ0v) is 12.5. The molecule has 3 rings (SSSR count). The molecule has 116 valence electrons. The predicted octanol–water partition coefficient (Wildman–Crippen LogP) is 0.949. The Bertz CT molecular complexity index is 476. The van der Waals surface area contributed by atoms with E-state index in [0.717, 1.165) is 5.56 Å². The summed E-state index contributed by atoms with van der Waals surface area (Å²) in [5, 5.41) is 22.0. The molecule has 0 spiro atoms. The maximum Gasteiger partial charge on any atom is 0.102 e. The number of aliphatic hydroxyl groups excluding tert-OH is 2. The third-order valence-electron chi connectivity index (χ3n) is 4.60. The van der Waals surface area contributed by atoms with E-state index >= 15 is 0 Å². The second-order valence-corrected chi connectivity index (χ2v) is 6.39. The molecule has 0 unspecified atom stereocenters. The minimum Gasteiger partial charge on any atom is -0.394 e. The molecule has 2 N–H and O–H groups in total. The van der Waals surface area contributed by atoms with Gasteiger partial charge in [0.2, 0.25) is 0 Å². The van der Waals surface area contributed by atoms with E-state index in [1.807, 2.05) is 44.2 Å². The highest BCUT2D eigenvalue weighted by Gasteiger charge is 2.54. The first-order valence-electron chi connectivity index (χ1n) is 7.43. The Morgan fingerprint density at radius 3 is 2.67 bits per heavy atom. The van der Waals surface area contributed by atoms with Gasteiger partial charge in [0.25, 0.3) is 0 Å². The standard InChI is InChI=1S/C16H23NO4/c1-16(2)12-10-20-17(8-11-6-4-3-5-7-11)14(15(12)19)13(9-18)21-16/h3-7,12-15,18-19H,8-10H2,1-2H3/t12-,13+,14-,15-/m0/s1. The Morgan fingerprint density at radius 2 is 2.00 bits per heavy atom. The lowest BCUT2D eigenvalue weighted by molar-refractivity contribution is -0.350. The highest BCUT2D eigenvalue weighted by molar-refractivity contribution is 5.15. The average molecular weight is 293 g/mol. The molecule has 0 radical (unpaired) electrons. The Balaban J connectivity index is 1.82. The van der Waals surface area contributed by atoms with Crippen LogP contribution in [0.1, 0.15) is 19.4 Å². The summed E-state index contributed by atoms with van der Waals surface area (Å²) in [5.41, 5.74) is 0.604. The topological polar surface area (TPSA) is 62.2 Å². The first-order chi connectivity index (χ1) is 10.0. The lowest BCUT2D eigenvalue weighted by atomic mass is 9.77. The zero-order chi connectivity index (χ0) is 15.0. The summed E-state index contributed by atoms with van der Waals surface area (Å²) in [5.74, 6) is -0.0858. The average Bonchev–Trinajstić information content (AvgIpc) is 2.45. The Kier molecular flexibility index (Phi) is 4.03. The number of fused-ring (bicyclic) bond motifs is 2. The van der Waals surface area contributed by atoms with Crippen LogP contribution < -0.4 is 0 Å². The van der Waals surface area contributed by atoms with Gasteiger partial charge in [-0.15, -0.1) is 0 Å². The van der Waals surface area contributed by atoms with Crippen LogP contribution in [0.4, 0.5) is 0 Å². The van der Waals surface area contributed by atoms with Crippen molar-refractivity contribution in [3.05, 3.63) is 35.9 Å². The predicted molar refractivity (Wildman–Crippen MR) is 77.3 cm³/mol. The maximum absolute atomic E-state index is 10.7. The number of nitrogens with zero attached hydrogens (tertiary/aromatic N) is 1. The summed E-state index contributed by atoms with van der Waals surface area (Å²) in [6.45, 7) is 4.74. The van der Waals surface area contributed by atoms with Crippen molar-refractivity contribution in [3.8, 4) is 0 Å². The summed E-state index contributed by atoms with van der Waals surface area (Å²) in [6.07, 6.45) is -1.02. The number of hydroxylamine groups is 2. The SMILES string of the molecule is CC1(C)O[C@H](CO)[C@H]2[C@@H](O)[C@@H]1CON2Cc1ccccc1. The minimum absolute atomic E-state index is 0.0858. The quantitative estimate of drug-likeness (QED) is 0.869. The number of hydrogen-bond donors (Lipinski definition) is 2. The zero-order valence-electron chi connectivity index (χ0n) is 12.5. The van der Waals surface area contributed by atoms with E-state index < -0.39 is 17.8 Å². The molecular formula is C16H23NO4. The van der Waals surface area contributed by atoms with Gasteiger partial charge in [0, 0.05) is 12.5 Å². The van der Waals surface area contributed by atoms with E-state index in [2.05, 4.69) is 0 Å². The molecule has 2 heterocycles. The van der Waals surface area contributed by atoms with E-state index in [-0.39, 0.29) is 18.6 Å². The van der Waals surface area contributed by atoms with Gasteiger partial charge >= 0.3 is 0 Å². The van der Waals surface area contributed by atoms with Crippen molar-refractivity contribution in [1.29, 1.82) is 0 Å². The molecule has 5 heteroatoms. The molecule has 0 saturated carbocycles. The van der Waals surface area contributed by atoms with Crippen molar-refractivity contribution in [2.45, 2.75) is 44.2 Å². The molecule has 2 saturated heterocycles. The van der Waals surface area contributed by atoms with Gasteiger partial charge in [-0.2, -0.15) is 5.06 Å². The largest absolute Gasteiger partial charge is 0.394 e. The molecule has 1 aromatic rings. The van der Waals surface area contributed by atoms with Crippen molar-refractivity contribution in [2.75, 3.05) is 13.2 Å². The van der Waals surface area contributed by atoms with Gasteiger partial charge in [0.15, 0.2) is 0 Å². The van der Waals surface area contributed by atoms with Crippen LogP contribution in [0.5, 0.6) is 0 Å². The van der Waals surface area contributed by atoms with E-state index in [0.29, 0.717) is 13.2 Å². The number of rotatable bonds is 3. The Labute approximate surface area is 125 Å². The van der Waals surface area contributed by atoms with Crippen LogP contribution in [0.15, 0.2) is 30.3 Å². The number of aliphatic hydroxyl groups is 2. The van der Waals surface area contributed by atoms with Crippen molar-refractivity contribution < 1.29 is 19.8 Å². The van der Waals surface area contributed by atoms with E-state index in [9.17, 15) is 10.2 Å². The molecule has 0 aliphatic carbocycles. The second-order valence-electron chi connectivity index (χ2n) is 6.39. The molecule has 2 fully saturated rings. The summed E-state index contributed by atoms with van der Waals surface area (Å²) >= 11 is 0. The smallest absolute Gasteiger partial charge is 0.102 e. The molecule has 0 amide bonds. The molecular weight excluding hydrogens is 270 g/mol. The van der Waals surface area contributed by atoms with Gasteiger partial charge in [-0.3, -0.25) is 4.84 Å². The van der Waals surface area contributed by atoms with Crippen molar-refractivity contribution >= 4 is 0 Å². The van der Waals surface area contributed by atoms with Crippen molar-refractivity contribution in [2.24, 2.45) is 5.92 Å². The van der Waals surface area contributed by atoms with Gasteiger partial charge in [0.05, 0.1) is 31.0 Å². The number of benzene rings is 1. The minimum atomic E-state index is -0.566. The van der Waals surface area contributed by atoms with Crippen LogP contribution in [-0.2, 0) is 16.1 Å². The van der Waals surface area contributed by atoms with Crippen LogP contribution in [0, 0.1) is 5.92 Å². The van der Waals surface area contributed by atoms with E-state index in [4.69, 9.17) is 9.57 Å². The van der Waals surface area contributed by atoms with Crippen LogP contribution >= 0.6 is 0 Å². The molecule has 21 heavy (non-hydrogen) atoms. The fourth-order valence-corrected chi connectivity index (χ4v) is 3.39. The van der Waals surface area contributed by atoms with Crippen LogP contribution in [0.25, 0.3) is 0 Å². The van der Waals surface area contributed by atoms with Gasteiger partial charge in [0.1, 0.15) is 6.10 Å². The highest BCUT2D eigenvalue weighted by atomic mass is 16.7. The van der Waals surface area contributed by atoms with Crippen LogP contribution in [0.3, 0.4) is 0 Å². The second kappa shape index (κ2) is 5.66. The summed E-state index contributed by atoms with van der Waals surface area (Å²) in [7, 11) is 0. The normalized spacial score (nSPS) is 35.6. The van der Waals surface area contributed by atoms with Gasteiger partial charge < -0.3 is 14.9 Å². The number of ether oxygens (including phenoxy) is 1. The molecule has 0 aromatic heterocycles. The van der Waals surface area contributed by atoms with Crippen molar-refractivity contribution in [1.82, 2.24) is 5.06 Å². The summed E-state index contributed by atoms with van der Waals surface area (Å²) in [6, 6.07) is 9.61. The maximum atomic E-state index is 10.7. The monoisotopic (exact) mass is 293 g/mol. The van der Waals surface area contributed by atoms with Gasteiger partial charge in [-0.05, 0) is 19.4 Å². The van der Waals surface area contributed by atoms with E-state index in [1.165, 1.54) is 0 Å². The van der Waals surface area contributed by atoms with Crippen LogP contribution in [0.2, 0.25) is 0 Å². The summed E-state index contributed by atoms with van der Waals surface area (Å²) in [4.78, 5) is 5.87. The number of hydrogen-bond acceptors (Lipinski definition) is 5. The highest BCUT2D eigenvalue weighted by Crippen LogP contribution is 2.40. The molecule has 2 bridgehead atoms. The fourth-order valence-electron chi connectivity index (χ4n) is 3.39. The lowest BCUT2D eigenvalue weighted by Gasteiger charge is -2.55.